The second-order valence-electron chi connectivity index (χ2n) is 8.16. The SMILES string of the molecule is CCCCCCCCCCCCCCCCOC(=O)C(C)CCCCC. The Morgan fingerprint density at radius 2 is 1.00 bits per heavy atom. The molecule has 2 heteroatoms. The number of hydrogen-bond donors (Lipinski definition) is 0. The molecule has 0 aliphatic rings. The van der Waals surface area contributed by atoms with Crippen LogP contribution in [0.2, 0.25) is 0 Å². The summed E-state index contributed by atoms with van der Waals surface area (Å²) in [6.45, 7) is 7.10. The van der Waals surface area contributed by atoms with E-state index in [1.54, 1.807) is 0 Å². The molecule has 0 N–H and O–H groups in total. The summed E-state index contributed by atoms with van der Waals surface area (Å²) < 4.78 is 5.40. The summed E-state index contributed by atoms with van der Waals surface area (Å²) in [6, 6.07) is 0. The molecule has 0 heterocycles. The van der Waals surface area contributed by atoms with E-state index in [9.17, 15) is 4.79 Å². The lowest BCUT2D eigenvalue weighted by molar-refractivity contribution is -0.148. The molecule has 0 radical (unpaired) electrons. The van der Waals surface area contributed by atoms with Gasteiger partial charge in [-0.2, -0.15) is 0 Å². The Hall–Kier alpha value is -0.530. The number of carbonyl (C=O) groups excluding carboxylic acids is 1. The molecule has 0 aromatic carbocycles. The lowest BCUT2D eigenvalue weighted by atomic mass is 10.0. The highest BCUT2D eigenvalue weighted by atomic mass is 16.5. The highest BCUT2D eigenvalue weighted by molar-refractivity contribution is 5.71. The predicted molar refractivity (Wildman–Crippen MR) is 115 cm³/mol. The summed E-state index contributed by atoms with van der Waals surface area (Å²) in [7, 11) is 0. The van der Waals surface area contributed by atoms with Gasteiger partial charge in [-0.3, -0.25) is 4.79 Å². The van der Waals surface area contributed by atoms with E-state index in [0.717, 1.165) is 19.3 Å². The van der Waals surface area contributed by atoms with Crippen LogP contribution in [0.5, 0.6) is 0 Å². The summed E-state index contributed by atoms with van der Waals surface area (Å²) in [5.41, 5.74) is 0. The first-order valence-electron chi connectivity index (χ1n) is 11.9. The number of carbonyl (C=O) groups is 1. The Balaban J connectivity index is 3.20. The van der Waals surface area contributed by atoms with Gasteiger partial charge in [-0.15, -0.1) is 0 Å². The lowest BCUT2D eigenvalue weighted by Gasteiger charge is -2.11. The van der Waals surface area contributed by atoms with Gasteiger partial charge in [0.1, 0.15) is 0 Å². The number of ether oxygens (including phenoxy) is 1. The standard InChI is InChI=1S/C24H48O2/c1-4-6-8-9-10-11-12-13-14-15-16-17-18-20-22-26-24(25)23(3)21-19-7-5-2/h23H,4-22H2,1-3H3. The largest absolute Gasteiger partial charge is 0.465 e. The third kappa shape index (κ3) is 18.3. The zero-order valence-electron chi connectivity index (χ0n) is 18.3. The van der Waals surface area contributed by atoms with Crippen LogP contribution in [-0.2, 0) is 9.53 Å². The van der Waals surface area contributed by atoms with Crippen molar-refractivity contribution in [2.24, 2.45) is 5.92 Å². The van der Waals surface area contributed by atoms with Crippen LogP contribution in [0.1, 0.15) is 136 Å². The van der Waals surface area contributed by atoms with E-state index in [-0.39, 0.29) is 11.9 Å². The molecule has 1 atom stereocenters. The number of unbranched alkanes of at least 4 members (excludes halogenated alkanes) is 15. The smallest absolute Gasteiger partial charge is 0.308 e. The maximum absolute atomic E-state index is 11.8. The Morgan fingerprint density at radius 1 is 0.615 bits per heavy atom. The molecule has 0 aliphatic heterocycles. The maximum atomic E-state index is 11.8. The van der Waals surface area contributed by atoms with Gasteiger partial charge in [-0.05, 0) is 12.8 Å². The third-order valence-electron chi connectivity index (χ3n) is 5.39. The Labute approximate surface area is 164 Å². The van der Waals surface area contributed by atoms with Crippen LogP contribution in [0.4, 0.5) is 0 Å². The first-order chi connectivity index (χ1) is 12.7. The molecule has 0 aromatic heterocycles. The number of esters is 1. The number of hydrogen-bond acceptors (Lipinski definition) is 2. The van der Waals surface area contributed by atoms with E-state index in [2.05, 4.69) is 13.8 Å². The van der Waals surface area contributed by atoms with E-state index >= 15 is 0 Å². The van der Waals surface area contributed by atoms with E-state index < -0.39 is 0 Å². The van der Waals surface area contributed by atoms with Gasteiger partial charge in [-0.1, -0.05) is 124 Å². The fraction of sp³-hybridized carbons (Fsp3) is 0.958. The van der Waals surface area contributed by atoms with Gasteiger partial charge in [0, 0.05) is 0 Å². The average Bonchev–Trinajstić information content (AvgIpc) is 2.64. The van der Waals surface area contributed by atoms with Gasteiger partial charge in [0.25, 0.3) is 0 Å². The molecule has 26 heavy (non-hydrogen) atoms. The lowest BCUT2D eigenvalue weighted by Crippen LogP contribution is -2.15. The van der Waals surface area contributed by atoms with E-state index in [1.807, 2.05) is 6.92 Å². The average molecular weight is 369 g/mol. The van der Waals surface area contributed by atoms with Crippen molar-refractivity contribution >= 4 is 5.97 Å². The van der Waals surface area contributed by atoms with Crippen molar-refractivity contribution in [1.29, 1.82) is 0 Å². The molecule has 0 bridgehead atoms. The van der Waals surface area contributed by atoms with Crippen LogP contribution in [0, 0.1) is 5.92 Å². The second-order valence-corrected chi connectivity index (χ2v) is 8.16. The zero-order chi connectivity index (χ0) is 19.3. The number of rotatable bonds is 20. The summed E-state index contributed by atoms with van der Waals surface area (Å²) in [6.07, 6.45) is 23.6. The summed E-state index contributed by atoms with van der Waals surface area (Å²) in [4.78, 5) is 11.8. The second kappa shape index (κ2) is 20.8. The Bertz CT molecular complexity index is 288. The van der Waals surface area contributed by atoms with Crippen molar-refractivity contribution in [3.05, 3.63) is 0 Å². The minimum atomic E-state index is 0.01000. The van der Waals surface area contributed by atoms with Crippen LogP contribution < -0.4 is 0 Å². The molecule has 1 unspecified atom stereocenters. The van der Waals surface area contributed by atoms with Gasteiger partial charge in [0.15, 0.2) is 0 Å². The summed E-state index contributed by atoms with van der Waals surface area (Å²) >= 11 is 0. The molecule has 0 rings (SSSR count). The molecule has 156 valence electrons. The van der Waals surface area contributed by atoms with E-state index in [0.29, 0.717) is 6.61 Å². The van der Waals surface area contributed by atoms with Crippen molar-refractivity contribution in [2.75, 3.05) is 6.61 Å². The third-order valence-corrected chi connectivity index (χ3v) is 5.39. The van der Waals surface area contributed by atoms with Crippen LogP contribution in [0.15, 0.2) is 0 Å². The van der Waals surface area contributed by atoms with E-state index in [1.165, 1.54) is 96.3 Å². The first-order valence-corrected chi connectivity index (χ1v) is 11.9. The molecule has 0 fully saturated rings. The minimum absolute atomic E-state index is 0.01000. The van der Waals surface area contributed by atoms with Crippen LogP contribution in [-0.4, -0.2) is 12.6 Å². The molecule has 2 nitrogen and oxygen atoms in total. The Kier molecular flexibility index (Phi) is 20.4. The first kappa shape index (κ1) is 25.5. The molecular formula is C24H48O2. The predicted octanol–water partition coefficient (Wildman–Crippen LogP) is 8.23. The summed E-state index contributed by atoms with van der Waals surface area (Å²) in [5, 5.41) is 0. The fourth-order valence-electron chi connectivity index (χ4n) is 3.43. The summed E-state index contributed by atoms with van der Waals surface area (Å²) in [5.74, 6) is 0.0870. The molecule has 0 amide bonds. The van der Waals surface area contributed by atoms with Crippen LogP contribution in [0.25, 0.3) is 0 Å². The molecule has 0 saturated carbocycles. The van der Waals surface area contributed by atoms with E-state index in [4.69, 9.17) is 4.74 Å². The zero-order valence-corrected chi connectivity index (χ0v) is 18.3. The topological polar surface area (TPSA) is 26.3 Å². The Morgan fingerprint density at radius 3 is 1.46 bits per heavy atom. The quantitative estimate of drug-likeness (QED) is 0.160. The molecule has 0 aliphatic carbocycles. The fourth-order valence-corrected chi connectivity index (χ4v) is 3.43. The van der Waals surface area contributed by atoms with Crippen molar-refractivity contribution in [3.63, 3.8) is 0 Å². The van der Waals surface area contributed by atoms with Crippen molar-refractivity contribution in [1.82, 2.24) is 0 Å². The molecular weight excluding hydrogens is 320 g/mol. The van der Waals surface area contributed by atoms with Gasteiger partial charge in [0.2, 0.25) is 0 Å². The highest BCUT2D eigenvalue weighted by Gasteiger charge is 2.13. The van der Waals surface area contributed by atoms with Crippen molar-refractivity contribution in [2.45, 2.75) is 136 Å². The van der Waals surface area contributed by atoms with Crippen LogP contribution >= 0.6 is 0 Å². The van der Waals surface area contributed by atoms with Gasteiger partial charge in [0.05, 0.1) is 12.5 Å². The van der Waals surface area contributed by atoms with Crippen LogP contribution in [0.3, 0.4) is 0 Å². The molecule has 0 saturated heterocycles. The highest BCUT2D eigenvalue weighted by Crippen LogP contribution is 2.14. The van der Waals surface area contributed by atoms with Gasteiger partial charge < -0.3 is 4.74 Å². The van der Waals surface area contributed by atoms with Crippen molar-refractivity contribution in [3.8, 4) is 0 Å². The normalized spacial score (nSPS) is 12.3. The maximum Gasteiger partial charge on any atom is 0.308 e. The van der Waals surface area contributed by atoms with Crippen molar-refractivity contribution < 1.29 is 9.53 Å². The van der Waals surface area contributed by atoms with Gasteiger partial charge in [-0.25, -0.2) is 0 Å². The molecule has 0 aromatic rings. The monoisotopic (exact) mass is 368 g/mol. The molecule has 0 spiro atoms. The minimum Gasteiger partial charge on any atom is -0.465 e. The van der Waals surface area contributed by atoms with Gasteiger partial charge >= 0.3 is 5.97 Å².